The van der Waals surface area contributed by atoms with Crippen LogP contribution >= 0.6 is 0 Å². The molecule has 0 spiro atoms. The normalized spacial score (nSPS) is 10.1. The van der Waals surface area contributed by atoms with Gasteiger partial charge in [-0.2, -0.15) is 0 Å². The molecule has 0 aliphatic rings. The molecule has 0 aliphatic carbocycles. The molecule has 0 atom stereocenters. The van der Waals surface area contributed by atoms with Gasteiger partial charge in [0.1, 0.15) is 5.82 Å². The van der Waals surface area contributed by atoms with Gasteiger partial charge in [0.15, 0.2) is 0 Å². The molecule has 0 aliphatic heterocycles. The Kier molecular flexibility index (Phi) is 4.41. The molecule has 0 radical (unpaired) electrons. The minimum absolute atomic E-state index is 0.210. The predicted octanol–water partition coefficient (Wildman–Crippen LogP) is 2.24. The molecule has 2 rings (SSSR count). The third kappa shape index (κ3) is 3.41. The van der Waals surface area contributed by atoms with E-state index in [4.69, 9.17) is 5.73 Å². The van der Waals surface area contributed by atoms with E-state index in [1.54, 1.807) is 43.3 Å². The summed E-state index contributed by atoms with van der Waals surface area (Å²) >= 11 is 0. The molecule has 2 amide bonds. The van der Waals surface area contributed by atoms with E-state index in [1.165, 1.54) is 18.2 Å². The number of nitrogens with zero attached hydrogens (tertiary/aromatic N) is 1. The average Bonchev–Trinajstić information content (AvgIpc) is 2.47. The molecule has 0 heterocycles. The number of amides is 2. The summed E-state index contributed by atoms with van der Waals surface area (Å²) in [6.07, 6.45) is 0. The van der Waals surface area contributed by atoms with Gasteiger partial charge in [0.2, 0.25) is 5.91 Å². The first-order chi connectivity index (χ1) is 10.4. The molecule has 0 unspecified atom stereocenters. The minimum atomic E-state index is -0.542. The van der Waals surface area contributed by atoms with E-state index >= 15 is 0 Å². The van der Waals surface area contributed by atoms with Gasteiger partial charge < -0.3 is 16.0 Å². The van der Waals surface area contributed by atoms with Crippen molar-refractivity contribution < 1.29 is 14.0 Å². The maximum absolute atomic E-state index is 13.9. The van der Waals surface area contributed by atoms with Gasteiger partial charge in [-0.05, 0) is 42.5 Å². The molecular formula is C16H16FN3O2. The van der Waals surface area contributed by atoms with Crippen molar-refractivity contribution in [2.75, 3.05) is 24.3 Å². The van der Waals surface area contributed by atoms with Crippen LogP contribution in [0.15, 0.2) is 42.5 Å². The Balaban J connectivity index is 2.15. The number of hydrogen-bond acceptors (Lipinski definition) is 3. The van der Waals surface area contributed by atoms with Crippen molar-refractivity contribution in [3.8, 4) is 0 Å². The summed E-state index contributed by atoms with van der Waals surface area (Å²) in [4.78, 5) is 24.7. The van der Waals surface area contributed by atoms with E-state index in [9.17, 15) is 14.0 Å². The van der Waals surface area contributed by atoms with Gasteiger partial charge in [0, 0.05) is 30.9 Å². The Morgan fingerprint density at radius 2 is 1.64 bits per heavy atom. The number of rotatable bonds is 4. The number of anilines is 2. The van der Waals surface area contributed by atoms with E-state index in [2.05, 4.69) is 5.32 Å². The van der Waals surface area contributed by atoms with Crippen molar-refractivity contribution in [2.24, 2.45) is 5.73 Å². The van der Waals surface area contributed by atoms with E-state index in [0.29, 0.717) is 16.9 Å². The van der Waals surface area contributed by atoms with Gasteiger partial charge in [-0.25, -0.2) is 4.39 Å². The van der Waals surface area contributed by atoms with Crippen LogP contribution in [0.4, 0.5) is 15.8 Å². The average molecular weight is 301 g/mol. The number of carbonyl (C=O) groups excluding carboxylic acids is 2. The van der Waals surface area contributed by atoms with Crippen LogP contribution < -0.4 is 16.0 Å². The zero-order valence-corrected chi connectivity index (χ0v) is 12.3. The van der Waals surface area contributed by atoms with Crippen molar-refractivity contribution in [3.05, 3.63) is 59.4 Å². The third-order valence-corrected chi connectivity index (χ3v) is 3.12. The molecule has 0 aromatic heterocycles. The number of hydrogen-bond donors (Lipinski definition) is 2. The molecule has 0 fully saturated rings. The third-order valence-electron chi connectivity index (χ3n) is 3.12. The van der Waals surface area contributed by atoms with Crippen molar-refractivity contribution in [1.29, 1.82) is 0 Å². The number of benzene rings is 2. The first kappa shape index (κ1) is 15.5. The highest BCUT2D eigenvalue weighted by atomic mass is 19.1. The highest BCUT2D eigenvalue weighted by Crippen LogP contribution is 2.19. The highest BCUT2D eigenvalue weighted by molar-refractivity contribution is 6.04. The minimum Gasteiger partial charge on any atom is -0.375 e. The molecule has 22 heavy (non-hydrogen) atoms. The second-order valence-electron chi connectivity index (χ2n) is 4.96. The maximum Gasteiger partial charge on any atom is 0.255 e. The van der Waals surface area contributed by atoms with Gasteiger partial charge in [-0.15, -0.1) is 0 Å². The van der Waals surface area contributed by atoms with Gasteiger partial charge >= 0.3 is 0 Å². The van der Waals surface area contributed by atoms with Crippen molar-refractivity contribution in [1.82, 2.24) is 0 Å². The Morgan fingerprint density at radius 1 is 1.05 bits per heavy atom. The Morgan fingerprint density at radius 3 is 2.14 bits per heavy atom. The van der Waals surface area contributed by atoms with Crippen LogP contribution in [0, 0.1) is 5.82 Å². The van der Waals surface area contributed by atoms with E-state index in [-0.39, 0.29) is 5.56 Å². The lowest BCUT2D eigenvalue weighted by molar-refractivity contribution is 0.0998. The molecule has 6 heteroatoms. The molecular weight excluding hydrogens is 285 g/mol. The zero-order chi connectivity index (χ0) is 16.3. The van der Waals surface area contributed by atoms with E-state index < -0.39 is 17.6 Å². The molecule has 114 valence electrons. The number of carbonyl (C=O) groups is 2. The van der Waals surface area contributed by atoms with E-state index in [1.807, 2.05) is 0 Å². The number of nitrogens with two attached hydrogens (primary N) is 1. The summed E-state index contributed by atoms with van der Waals surface area (Å²) in [6, 6.07) is 10.4. The fourth-order valence-electron chi connectivity index (χ4n) is 1.93. The predicted molar refractivity (Wildman–Crippen MR) is 83.6 cm³/mol. The topological polar surface area (TPSA) is 75.4 Å². The summed E-state index contributed by atoms with van der Waals surface area (Å²) in [5, 5.41) is 2.63. The summed E-state index contributed by atoms with van der Waals surface area (Å²) in [6.45, 7) is 0. The molecule has 2 aromatic carbocycles. The van der Waals surface area contributed by atoms with Crippen molar-refractivity contribution in [3.63, 3.8) is 0 Å². The summed E-state index contributed by atoms with van der Waals surface area (Å²) in [7, 11) is 3.44. The lowest BCUT2D eigenvalue weighted by Gasteiger charge is -2.14. The Bertz CT molecular complexity index is 712. The molecule has 0 saturated carbocycles. The van der Waals surface area contributed by atoms with Gasteiger partial charge in [-0.1, -0.05) is 0 Å². The lowest BCUT2D eigenvalue weighted by Crippen LogP contribution is -2.15. The number of primary amides is 1. The highest BCUT2D eigenvalue weighted by Gasteiger charge is 2.11. The Labute approximate surface area is 127 Å². The maximum atomic E-state index is 13.9. The largest absolute Gasteiger partial charge is 0.375 e. The van der Waals surface area contributed by atoms with Crippen LogP contribution in [0.2, 0.25) is 0 Å². The number of nitrogens with one attached hydrogen (secondary N) is 1. The van der Waals surface area contributed by atoms with Crippen LogP contribution in [0.5, 0.6) is 0 Å². The summed E-state index contributed by atoms with van der Waals surface area (Å²) < 4.78 is 13.9. The fourth-order valence-corrected chi connectivity index (χ4v) is 1.93. The molecule has 0 saturated heterocycles. The smallest absolute Gasteiger partial charge is 0.255 e. The van der Waals surface area contributed by atoms with E-state index in [0.717, 1.165) is 0 Å². The second kappa shape index (κ2) is 6.26. The first-order valence-electron chi connectivity index (χ1n) is 6.56. The molecule has 0 bridgehead atoms. The molecule has 5 nitrogen and oxygen atoms in total. The summed E-state index contributed by atoms with van der Waals surface area (Å²) in [5.74, 6) is -1.45. The standard InChI is InChI=1S/C16H16FN3O2/c1-20(2)14-8-5-11(9-13(14)17)16(22)19-12-6-3-10(4-7-12)15(18)21/h3-9H,1-2H3,(H2,18,21)(H,19,22). The van der Waals surface area contributed by atoms with Crippen LogP contribution in [-0.4, -0.2) is 25.9 Å². The van der Waals surface area contributed by atoms with Crippen LogP contribution in [0.25, 0.3) is 0 Å². The lowest BCUT2D eigenvalue weighted by atomic mass is 10.1. The van der Waals surface area contributed by atoms with Crippen LogP contribution in [-0.2, 0) is 0 Å². The van der Waals surface area contributed by atoms with Crippen molar-refractivity contribution >= 4 is 23.2 Å². The van der Waals surface area contributed by atoms with Crippen LogP contribution in [0.3, 0.4) is 0 Å². The SMILES string of the molecule is CN(C)c1ccc(C(=O)Nc2ccc(C(N)=O)cc2)cc1F. The van der Waals surface area contributed by atoms with Crippen molar-refractivity contribution in [2.45, 2.75) is 0 Å². The molecule has 3 N–H and O–H groups in total. The van der Waals surface area contributed by atoms with Gasteiger partial charge in [0.05, 0.1) is 5.69 Å². The monoisotopic (exact) mass is 301 g/mol. The zero-order valence-electron chi connectivity index (χ0n) is 12.3. The Hall–Kier alpha value is -2.89. The fraction of sp³-hybridized carbons (Fsp3) is 0.125. The quantitative estimate of drug-likeness (QED) is 0.909. The second-order valence-corrected chi connectivity index (χ2v) is 4.96. The van der Waals surface area contributed by atoms with Crippen LogP contribution in [0.1, 0.15) is 20.7 Å². The number of halogens is 1. The summed E-state index contributed by atoms with van der Waals surface area (Å²) in [5.41, 5.74) is 6.59. The van der Waals surface area contributed by atoms with Gasteiger partial charge in [-0.3, -0.25) is 9.59 Å². The van der Waals surface area contributed by atoms with Gasteiger partial charge in [0.25, 0.3) is 5.91 Å². The molecule has 2 aromatic rings. The first-order valence-corrected chi connectivity index (χ1v) is 6.56.